The minimum absolute atomic E-state index is 0.257. The van der Waals surface area contributed by atoms with Crippen molar-refractivity contribution in [2.75, 3.05) is 6.26 Å². The highest BCUT2D eigenvalue weighted by Crippen LogP contribution is 2.24. The molecule has 7 heteroatoms. The molecule has 1 N–H and O–H groups in total. The number of H-pyrrole nitrogens is 1. The number of pyridine rings is 1. The molecule has 0 atom stereocenters. The van der Waals surface area contributed by atoms with Crippen molar-refractivity contribution in [3.05, 3.63) is 40.4 Å². The Bertz CT molecular complexity index is 595. The molecule has 94 valence electrons. The molecule has 0 aliphatic carbocycles. The number of rotatable bonds is 3. The number of thioether (sulfide) groups is 1. The summed E-state index contributed by atoms with van der Waals surface area (Å²) in [5, 5.41) is 0.272. The summed E-state index contributed by atoms with van der Waals surface area (Å²) < 4.78 is 25.4. The standard InChI is InChI=1S/C11H9F2N3OS/c1-18-11-15-7(4-8(16-11)10(12)13)6-2-3-9(17)14-5-6/h2-5,10H,1H3,(H,14,17). The third kappa shape index (κ3) is 2.73. The maximum Gasteiger partial charge on any atom is 0.280 e. The molecule has 2 rings (SSSR count). The van der Waals surface area contributed by atoms with Crippen molar-refractivity contribution in [1.82, 2.24) is 15.0 Å². The van der Waals surface area contributed by atoms with E-state index >= 15 is 0 Å². The van der Waals surface area contributed by atoms with Crippen LogP contribution in [0.4, 0.5) is 8.78 Å². The van der Waals surface area contributed by atoms with Gasteiger partial charge < -0.3 is 4.98 Å². The van der Waals surface area contributed by atoms with Crippen LogP contribution in [0.3, 0.4) is 0 Å². The molecule has 4 nitrogen and oxygen atoms in total. The Balaban J connectivity index is 2.52. The van der Waals surface area contributed by atoms with E-state index in [0.29, 0.717) is 11.3 Å². The Morgan fingerprint density at radius 3 is 2.67 bits per heavy atom. The van der Waals surface area contributed by atoms with E-state index in [9.17, 15) is 13.6 Å². The molecule has 18 heavy (non-hydrogen) atoms. The predicted octanol–water partition coefficient (Wildman–Crippen LogP) is 2.49. The van der Waals surface area contributed by atoms with Crippen molar-refractivity contribution in [3.8, 4) is 11.3 Å². The molecule has 0 aromatic carbocycles. The average Bonchev–Trinajstić information content (AvgIpc) is 2.39. The van der Waals surface area contributed by atoms with E-state index in [1.165, 1.54) is 36.2 Å². The molecule has 0 saturated heterocycles. The summed E-state index contributed by atoms with van der Waals surface area (Å²) in [5.74, 6) is 0. The smallest absolute Gasteiger partial charge is 0.280 e. The second-order valence-corrected chi connectivity index (χ2v) is 4.18. The lowest BCUT2D eigenvalue weighted by atomic mass is 10.2. The van der Waals surface area contributed by atoms with Crippen molar-refractivity contribution in [1.29, 1.82) is 0 Å². The molecule has 0 fully saturated rings. The van der Waals surface area contributed by atoms with Gasteiger partial charge in [0.25, 0.3) is 6.43 Å². The lowest BCUT2D eigenvalue weighted by molar-refractivity contribution is 0.145. The summed E-state index contributed by atoms with van der Waals surface area (Å²) in [5.41, 5.74) is 0.345. The molecule has 2 heterocycles. The van der Waals surface area contributed by atoms with Crippen LogP contribution in [0.25, 0.3) is 11.3 Å². The van der Waals surface area contributed by atoms with Gasteiger partial charge in [0.1, 0.15) is 5.69 Å². The zero-order chi connectivity index (χ0) is 13.1. The first-order valence-corrected chi connectivity index (χ1v) is 6.23. The van der Waals surface area contributed by atoms with Crippen LogP contribution in [0.15, 0.2) is 34.3 Å². The van der Waals surface area contributed by atoms with Crippen LogP contribution < -0.4 is 5.56 Å². The summed E-state index contributed by atoms with van der Waals surface area (Å²) in [6.07, 6.45) is 0.492. The zero-order valence-corrected chi connectivity index (χ0v) is 10.2. The maximum atomic E-state index is 12.7. The van der Waals surface area contributed by atoms with Crippen molar-refractivity contribution in [2.45, 2.75) is 11.6 Å². The van der Waals surface area contributed by atoms with Gasteiger partial charge in [0.05, 0.1) is 5.69 Å². The number of aromatic nitrogens is 3. The van der Waals surface area contributed by atoms with Crippen LogP contribution in [0.2, 0.25) is 0 Å². The fourth-order valence-electron chi connectivity index (χ4n) is 1.36. The Morgan fingerprint density at radius 2 is 2.11 bits per heavy atom. The molecule has 0 unspecified atom stereocenters. The van der Waals surface area contributed by atoms with Gasteiger partial charge >= 0.3 is 0 Å². The Labute approximate surface area is 105 Å². The van der Waals surface area contributed by atoms with Crippen LogP contribution in [-0.2, 0) is 0 Å². The highest BCUT2D eigenvalue weighted by Gasteiger charge is 2.13. The minimum Gasteiger partial charge on any atom is -0.328 e. The van der Waals surface area contributed by atoms with E-state index in [0.717, 1.165) is 0 Å². The number of hydrogen-bond donors (Lipinski definition) is 1. The molecule has 0 aliphatic rings. The quantitative estimate of drug-likeness (QED) is 0.687. The van der Waals surface area contributed by atoms with Crippen LogP contribution >= 0.6 is 11.8 Å². The Hall–Kier alpha value is -1.76. The van der Waals surface area contributed by atoms with Crippen LogP contribution in [0, 0.1) is 0 Å². The second-order valence-electron chi connectivity index (χ2n) is 3.41. The highest BCUT2D eigenvalue weighted by molar-refractivity contribution is 7.98. The summed E-state index contributed by atoms with van der Waals surface area (Å²) in [6.45, 7) is 0. The average molecular weight is 269 g/mol. The van der Waals surface area contributed by atoms with E-state index < -0.39 is 6.43 Å². The summed E-state index contributed by atoms with van der Waals surface area (Å²) >= 11 is 1.18. The van der Waals surface area contributed by atoms with Crippen molar-refractivity contribution in [3.63, 3.8) is 0 Å². The normalized spacial score (nSPS) is 10.9. The van der Waals surface area contributed by atoms with E-state index in [2.05, 4.69) is 15.0 Å². The number of halogens is 2. The Morgan fingerprint density at radius 1 is 1.33 bits per heavy atom. The topological polar surface area (TPSA) is 58.6 Å². The largest absolute Gasteiger partial charge is 0.328 e. The first-order valence-electron chi connectivity index (χ1n) is 5.00. The molecule has 0 amide bonds. The molecule has 0 radical (unpaired) electrons. The zero-order valence-electron chi connectivity index (χ0n) is 9.35. The fraction of sp³-hybridized carbons (Fsp3) is 0.182. The number of hydrogen-bond acceptors (Lipinski definition) is 4. The lowest BCUT2D eigenvalue weighted by Gasteiger charge is -2.06. The van der Waals surface area contributed by atoms with Crippen LogP contribution in [0.1, 0.15) is 12.1 Å². The van der Waals surface area contributed by atoms with Crippen molar-refractivity contribution in [2.24, 2.45) is 0 Å². The first-order chi connectivity index (χ1) is 8.60. The van der Waals surface area contributed by atoms with Gasteiger partial charge in [-0.25, -0.2) is 18.7 Å². The van der Waals surface area contributed by atoms with E-state index in [1.807, 2.05) is 0 Å². The van der Waals surface area contributed by atoms with Crippen LogP contribution in [-0.4, -0.2) is 21.2 Å². The number of nitrogens with zero attached hydrogens (tertiary/aromatic N) is 2. The molecular formula is C11H9F2N3OS. The third-order valence-electron chi connectivity index (χ3n) is 2.21. The van der Waals surface area contributed by atoms with E-state index in [1.54, 1.807) is 6.26 Å². The molecular weight excluding hydrogens is 260 g/mol. The number of aromatic amines is 1. The molecule has 2 aromatic heterocycles. The first kappa shape index (κ1) is 12.7. The maximum absolute atomic E-state index is 12.7. The SMILES string of the molecule is CSc1nc(-c2ccc(=O)[nH]c2)cc(C(F)F)n1. The summed E-state index contributed by atoms with van der Waals surface area (Å²) in [7, 11) is 0. The third-order valence-corrected chi connectivity index (χ3v) is 2.76. The summed E-state index contributed by atoms with van der Waals surface area (Å²) in [6, 6.07) is 4.07. The van der Waals surface area contributed by atoms with Crippen molar-refractivity contribution >= 4 is 11.8 Å². The van der Waals surface area contributed by atoms with Gasteiger partial charge in [-0.1, -0.05) is 11.8 Å². The van der Waals surface area contributed by atoms with E-state index in [4.69, 9.17) is 0 Å². The van der Waals surface area contributed by atoms with Gasteiger partial charge in [0.2, 0.25) is 5.56 Å². The summed E-state index contributed by atoms with van der Waals surface area (Å²) in [4.78, 5) is 21.3. The molecule has 0 spiro atoms. The number of nitrogens with one attached hydrogen (secondary N) is 1. The van der Waals surface area contributed by atoms with Gasteiger partial charge in [-0.3, -0.25) is 4.79 Å². The van der Waals surface area contributed by atoms with Crippen LogP contribution in [0.5, 0.6) is 0 Å². The monoisotopic (exact) mass is 269 g/mol. The predicted molar refractivity (Wildman–Crippen MR) is 64.8 cm³/mol. The van der Waals surface area contributed by atoms with Gasteiger partial charge in [0, 0.05) is 17.8 Å². The lowest BCUT2D eigenvalue weighted by Crippen LogP contribution is -2.03. The van der Waals surface area contributed by atoms with Gasteiger partial charge in [-0.15, -0.1) is 0 Å². The van der Waals surface area contributed by atoms with Gasteiger partial charge in [0.15, 0.2) is 5.16 Å². The van der Waals surface area contributed by atoms with Crippen molar-refractivity contribution < 1.29 is 8.78 Å². The molecule has 0 aliphatic heterocycles. The molecule has 0 bridgehead atoms. The molecule has 2 aromatic rings. The van der Waals surface area contributed by atoms with E-state index in [-0.39, 0.29) is 16.4 Å². The van der Waals surface area contributed by atoms with Gasteiger partial charge in [-0.2, -0.15) is 0 Å². The minimum atomic E-state index is -2.65. The Kier molecular flexibility index (Phi) is 3.71. The number of alkyl halides is 2. The fourth-order valence-corrected chi connectivity index (χ4v) is 1.75. The second kappa shape index (κ2) is 5.26. The highest BCUT2D eigenvalue weighted by atomic mass is 32.2. The molecule has 0 saturated carbocycles. The van der Waals surface area contributed by atoms with Gasteiger partial charge in [-0.05, 0) is 18.4 Å².